The number of nitrogens with two attached hydrogens (primary N) is 1. The zero-order chi connectivity index (χ0) is 20.9. The van der Waals surface area contributed by atoms with Crippen LogP contribution in [0.2, 0.25) is 0 Å². The van der Waals surface area contributed by atoms with Gasteiger partial charge in [-0.15, -0.1) is 0 Å². The van der Waals surface area contributed by atoms with Crippen LogP contribution in [0.3, 0.4) is 0 Å². The Hall–Kier alpha value is -1.60. The van der Waals surface area contributed by atoms with E-state index in [1.807, 2.05) is 0 Å². The van der Waals surface area contributed by atoms with Crippen molar-refractivity contribution in [2.75, 3.05) is 0 Å². The van der Waals surface area contributed by atoms with Gasteiger partial charge >= 0.3 is 0 Å². The molecule has 1 atom stereocenters. The highest BCUT2D eigenvalue weighted by Crippen LogP contribution is 2.39. The van der Waals surface area contributed by atoms with E-state index in [1.165, 1.54) is 74.5 Å². The summed E-state index contributed by atoms with van der Waals surface area (Å²) in [6.07, 6.45) is 13.2. The molecule has 2 aliphatic carbocycles. The van der Waals surface area contributed by atoms with E-state index in [9.17, 15) is 0 Å². The van der Waals surface area contributed by atoms with Crippen molar-refractivity contribution in [3.8, 4) is 11.1 Å². The zero-order valence-electron chi connectivity index (χ0n) is 19.2. The SMILES string of the molecule is CCC1CCC(c2ccc(-c3ccc(C4CCC(C(N)CC)CC4)cc3)cc2)CC1. The molecule has 2 saturated carbocycles. The summed E-state index contributed by atoms with van der Waals surface area (Å²) in [6.45, 7) is 4.57. The van der Waals surface area contributed by atoms with E-state index < -0.39 is 0 Å². The van der Waals surface area contributed by atoms with Crippen molar-refractivity contribution in [1.29, 1.82) is 0 Å². The molecule has 1 unspecified atom stereocenters. The van der Waals surface area contributed by atoms with Gasteiger partial charge < -0.3 is 5.73 Å². The Kier molecular flexibility index (Phi) is 7.31. The average molecular weight is 404 g/mol. The Balaban J connectivity index is 1.35. The normalized spacial score (nSPS) is 28.2. The highest BCUT2D eigenvalue weighted by Gasteiger charge is 2.25. The third-order valence-corrected chi connectivity index (χ3v) is 8.37. The molecule has 4 rings (SSSR count). The van der Waals surface area contributed by atoms with Crippen LogP contribution < -0.4 is 5.73 Å². The Labute approximate surface area is 184 Å². The van der Waals surface area contributed by atoms with Crippen LogP contribution in [0, 0.1) is 11.8 Å². The van der Waals surface area contributed by atoms with Gasteiger partial charge in [0.2, 0.25) is 0 Å². The molecule has 30 heavy (non-hydrogen) atoms. The molecule has 2 N–H and O–H groups in total. The first kappa shape index (κ1) is 21.6. The fourth-order valence-electron chi connectivity index (χ4n) is 6.01. The van der Waals surface area contributed by atoms with E-state index in [-0.39, 0.29) is 0 Å². The lowest BCUT2D eigenvalue weighted by Gasteiger charge is -2.32. The predicted molar refractivity (Wildman–Crippen MR) is 130 cm³/mol. The Morgan fingerprint density at radius 2 is 1.10 bits per heavy atom. The van der Waals surface area contributed by atoms with Gasteiger partial charge in [-0.3, -0.25) is 0 Å². The average Bonchev–Trinajstić information content (AvgIpc) is 2.84. The molecule has 0 aromatic heterocycles. The molecule has 0 saturated heterocycles. The molecule has 1 heteroatoms. The molecule has 2 aliphatic rings. The zero-order valence-corrected chi connectivity index (χ0v) is 19.2. The minimum atomic E-state index is 0.401. The molecule has 1 nitrogen and oxygen atoms in total. The second-order valence-electron chi connectivity index (χ2n) is 10.1. The van der Waals surface area contributed by atoms with E-state index in [0.717, 1.165) is 30.1 Å². The summed E-state index contributed by atoms with van der Waals surface area (Å²) in [5.41, 5.74) is 12.1. The minimum absolute atomic E-state index is 0.401. The molecule has 162 valence electrons. The van der Waals surface area contributed by atoms with Crippen LogP contribution in [-0.2, 0) is 0 Å². The van der Waals surface area contributed by atoms with Gasteiger partial charge in [0.25, 0.3) is 0 Å². The lowest BCUT2D eigenvalue weighted by atomic mass is 9.75. The van der Waals surface area contributed by atoms with Crippen molar-refractivity contribution in [2.24, 2.45) is 17.6 Å². The summed E-state index contributed by atoms with van der Waals surface area (Å²) in [5, 5.41) is 0. The number of hydrogen-bond donors (Lipinski definition) is 1. The van der Waals surface area contributed by atoms with E-state index in [1.54, 1.807) is 5.56 Å². The van der Waals surface area contributed by atoms with Crippen LogP contribution in [0.15, 0.2) is 48.5 Å². The maximum absolute atomic E-state index is 6.29. The van der Waals surface area contributed by atoms with Gasteiger partial charge in [0.15, 0.2) is 0 Å². The third kappa shape index (κ3) is 4.99. The minimum Gasteiger partial charge on any atom is -0.327 e. The van der Waals surface area contributed by atoms with E-state index in [4.69, 9.17) is 5.73 Å². The van der Waals surface area contributed by atoms with Crippen LogP contribution >= 0.6 is 0 Å². The van der Waals surface area contributed by atoms with Crippen molar-refractivity contribution in [3.05, 3.63) is 59.7 Å². The van der Waals surface area contributed by atoms with Crippen molar-refractivity contribution >= 4 is 0 Å². The van der Waals surface area contributed by atoms with Crippen LogP contribution in [0.5, 0.6) is 0 Å². The monoisotopic (exact) mass is 403 g/mol. The highest BCUT2D eigenvalue weighted by atomic mass is 14.6. The van der Waals surface area contributed by atoms with Gasteiger partial charge in [-0.2, -0.15) is 0 Å². The van der Waals surface area contributed by atoms with Gasteiger partial charge in [-0.25, -0.2) is 0 Å². The number of rotatable bonds is 6. The van der Waals surface area contributed by atoms with Crippen molar-refractivity contribution < 1.29 is 0 Å². The molecule has 2 aromatic carbocycles. The first-order chi connectivity index (χ1) is 14.7. The van der Waals surface area contributed by atoms with Gasteiger partial charge in [-0.05, 0) is 104 Å². The van der Waals surface area contributed by atoms with E-state index in [2.05, 4.69) is 62.4 Å². The number of hydrogen-bond acceptors (Lipinski definition) is 1. The first-order valence-corrected chi connectivity index (χ1v) is 12.6. The maximum atomic E-state index is 6.29. The van der Waals surface area contributed by atoms with Crippen molar-refractivity contribution in [1.82, 2.24) is 0 Å². The third-order valence-electron chi connectivity index (χ3n) is 8.37. The van der Waals surface area contributed by atoms with Crippen molar-refractivity contribution in [3.63, 3.8) is 0 Å². The standard InChI is InChI=1S/C29H41N/c1-3-21-5-7-22(8-6-21)23-9-11-24(12-10-23)25-13-15-26(16-14-25)27-17-19-28(20-18-27)29(30)4-2/h9-16,21-22,27-29H,3-8,17-20,30H2,1-2H3. The Morgan fingerprint density at radius 3 is 1.50 bits per heavy atom. The summed E-state index contributed by atoms with van der Waals surface area (Å²) in [5.74, 6) is 3.21. The second-order valence-corrected chi connectivity index (χ2v) is 10.1. The molecular weight excluding hydrogens is 362 g/mol. The highest BCUT2D eigenvalue weighted by molar-refractivity contribution is 5.64. The molecule has 2 fully saturated rings. The maximum Gasteiger partial charge on any atom is 0.00645 e. The van der Waals surface area contributed by atoms with E-state index in [0.29, 0.717) is 6.04 Å². The van der Waals surface area contributed by atoms with Crippen LogP contribution in [0.25, 0.3) is 11.1 Å². The Morgan fingerprint density at radius 1 is 0.667 bits per heavy atom. The summed E-state index contributed by atoms with van der Waals surface area (Å²) >= 11 is 0. The van der Waals surface area contributed by atoms with Gasteiger partial charge in [-0.1, -0.05) is 68.8 Å². The molecular formula is C29H41N. The summed E-state index contributed by atoms with van der Waals surface area (Å²) in [6, 6.07) is 19.3. The summed E-state index contributed by atoms with van der Waals surface area (Å²) in [4.78, 5) is 0. The molecule has 0 amide bonds. The van der Waals surface area contributed by atoms with Gasteiger partial charge in [0.05, 0.1) is 0 Å². The molecule has 0 bridgehead atoms. The Bertz CT molecular complexity index is 759. The molecule has 0 heterocycles. The lowest BCUT2D eigenvalue weighted by Crippen LogP contribution is -2.32. The van der Waals surface area contributed by atoms with Crippen molar-refractivity contribution in [2.45, 2.75) is 95.9 Å². The molecule has 0 aliphatic heterocycles. The molecule has 2 aromatic rings. The molecule has 0 radical (unpaired) electrons. The first-order valence-electron chi connectivity index (χ1n) is 12.6. The summed E-state index contributed by atoms with van der Waals surface area (Å²) < 4.78 is 0. The smallest absolute Gasteiger partial charge is 0.00645 e. The fourth-order valence-corrected chi connectivity index (χ4v) is 6.01. The largest absolute Gasteiger partial charge is 0.327 e. The van der Waals surface area contributed by atoms with Crippen LogP contribution in [0.4, 0.5) is 0 Å². The molecule has 0 spiro atoms. The van der Waals surface area contributed by atoms with Crippen LogP contribution in [0.1, 0.15) is 101 Å². The van der Waals surface area contributed by atoms with E-state index >= 15 is 0 Å². The van der Waals surface area contributed by atoms with Gasteiger partial charge in [0, 0.05) is 6.04 Å². The number of benzene rings is 2. The summed E-state index contributed by atoms with van der Waals surface area (Å²) in [7, 11) is 0. The second kappa shape index (κ2) is 10.1. The lowest BCUT2D eigenvalue weighted by molar-refractivity contribution is 0.277. The fraction of sp³-hybridized carbons (Fsp3) is 0.586. The van der Waals surface area contributed by atoms with Gasteiger partial charge in [0.1, 0.15) is 0 Å². The van der Waals surface area contributed by atoms with Crippen LogP contribution in [-0.4, -0.2) is 6.04 Å². The quantitative estimate of drug-likeness (QED) is 0.518. The predicted octanol–water partition coefficient (Wildman–Crippen LogP) is 8.05. The topological polar surface area (TPSA) is 26.0 Å².